The highest BCUT2D eigenvalue weighted by atomic mass is 35.5. The van der Waals surface area contributed by atoms with Crippen molar-refractivity contribution in [3.63, 3.8) is 0 Å². The fourth-order valence-electron chi connectivity index (χ4n) is 1.92. The van der Waals surface area contributed by atoms with Crippen molar-refractivity contribution < 1.29 is 0 Å². The van der Waals surface area contributed by atoms with Gasteiger partial charge in [0.25, 0.3) is 0 Å². The van der Waals surface area contributed by atoms with Crippen molar-refractivity contribution in [1.82, 2.24) is 10.3 Å². The van der Waals surface area contributed by atoms with Crippen LogP contribution in [0.5, 0.6) is 0 Å². The Hall–Kier alpha value is -0.900. The fourth-order valence-corrected chi connectivity index (χ4v) is 2.60. The van der Waals surface area contributed by atoms with Crippen molar-refractivity contribution in [2.45, 2.75) is 32.4 Å². The Morgan fingerprint density at radius 3 is 2.72 bits per heavy atom. The molecule has 0 amide bonds. The second kappa shape index (κ2) is 6.88. The Morgan fingerprint density at radius 2 is 2.11 bits per heavy atom. The molecule has 0 saturated carbocycles. The van der Waals surface area contributed by atoms with Crippen molar-refractivity contribution in [2.24, 2.45) is 0 Å². The van der Waals surface area contributed by atoms with Gasteiger partial charge in [0.15, 0.2) is 0 Å². The number of hydrogen-bond donors (Lipinski definition) is 1. The Labute approximate surface area is 117 Å². The molecule has 1 aromatic heterocycles. The van der Waals surface area contributed by atoms with Crippen LogP contribution in [-0.4, -0.2) is 4.98 Å². The molecular weight excluding hydrogens is 264 g/mol. The quantitative estimate of drug-likeness (QED) is 0.847. The second-order valence-electron chi connectivity index (χ2n) is 4.24. The molecule has 18 heavy (non-hydrogen) atoms. The van der Waals surface area contributed by atoms with E-state index in [9.17, 15) is 0 Å². The van der Waals surface area contributed by atoms with E-state index in [1.54, 1.807) is 11.3 Å². The van der Waals surface area contributed by atoms with Crippen molar-refractivity contribution in [3.8, 4) is 0 Å². The van der Waals surface area contributed by atoms with Gasteiger partial charge in [0.2, 0.25) is 0 Å². The van der Waals surface area contributed by atoms with Crippen LogP contribution < -0.4 is 5.32 Å². The van der Waals surface area contributed by atoms with Crippen molar-refractivity contribution in [3.05, 3.63) is 51.4 Å². The summed E-state index contributed by atoms with van der Waals surface area (Å²) in [5.74, 6) is 0. The molecule has 4 heteroatoms. The predicted octanol–water partition coefficient (Wildman–Crippen LogP) is 4.43. The van der Waals surface area contributed by atoms with Gasteiger partial charge in [-0.15, -0.1) is 11.3 Å². The van der Waals surface area contributed by atoms with Crippen LogP contribution in [0.3, 0.4) is 0 Å². The van der Waals surface area contributed by atoms with Crippen LogP contribution in [0.1, 0.15) is 36.2 Å². The van der Waals surface area contributed by atoms with Gasteiger partial charge in [0, 0.05) is 28.7 Å². The van der Waals surface area contributed by atoms with Crippen LogP contribution in [-0.2, 0) is 6.54 Å². The molecule has 1 N–H and O–H groups in total. The fraction of sp³-hybridized carbons (Fsp3) is 0.357. The third-order valence-electron chi connectivity index (χ3n) is 2.86. The molecule has 96 valence electrons. The molecule has 0 saturated heterocycles. The van der Waals surface area contributed by atoms with Gasteiger partial charge in [-0.1, -0.05) is 37.1 Å². The smallest absolute Gasteiger partial charge is 0.0794 e. The normalized spacial score (nSPS) is 12.6. The van der Waals surface area contributed by atoms with E-state index in [2.05, 4.69) is 29.4 Å². The summed E-state index contributed by atoms with van der Waals surface area (Å²) in [6, 6.07) is 8.49. The molecule has 0 spiro atoms. The Bertz CT molecular complexity index is 453. The highest BCUT2D eigenvalue weighted by Crippen LogP contribution is 2.21. The van der Waals surface area contributed by atoms with Crippen LogP contribution in [0.25, 0.3) is 0 Å². The van der Waals surface area contributed by atoms with E-state index in [0.29, 0.717) is 6.04 Å². The van der Waals surface area contributed by atoms with E-state index in [4.69, 9.17) is 11.6 Å². The summed E-state index contributed by atoms with van der Waals surface area (Å²) in [7, 11) is 0. The van der Waals surface area contributed by atoms with Gasteiger partial charge in [-0.25, -0.2) is 0 Å². The molecule has 0 bridgehead atoms. The van der Waals surface area contributed by atoms with Crippen molar-refractivity contribution in [2.75, 3.05) is 0 Å². The zero-order valence-corrected chi connectivity index (χ0v) is 12.0. The summed E-state index contributed by atoms with van der Waals surface area (Å²) in [4.78, 5) is 5.36. The first-order valence-corrected chi connectivity index (χ1v) is 7.41. The topological polar surface area (TPSA) is 24.9 Å². The molecule has 2 nitrogen and oxygen atoms in total. The van der Waals surface area contributed by atoms with Gasteiger partial charge >= 0.3 is 0 Å². The lowest BCUT2D eigenvalue weighted by Gasteiger charge is -2.18. The molecule has 2 rings (SSSR count). The lowest BCUT2D eigenvalue weighted by atomic mass is 10.0. The molecule has 1 atom stereocenters. The molecule has 0 aliphatic rings. The average Bonchev–Trinajstić information content (AvgIpc) is 2.89. The van der Waals surface area contributed by atoms with Gasteiger partial charge in [-0.05, 0) is 24.1 Å². The van der Waals surface area contributed by atoms with Gasteiger partial charge in [-0.3, -0.25) is 4.98 Å². The Kier molecular flexibility index (Phi) is 5.17. The first kappa shape index (κ1) is 13.5. The molecule has 0 aliphatic carbocycles. The first-order valence-electron chi connectivity index (χ1n) is 6.16. The van der Waals surface area contributed by atoms with E-state index >= 15 is 0 Å². The molecule has 0 fully saturated rings. The molecule has 0 radical (unpaired) electrons. The maximum atomic E-state index is 5.92. The third-order valence-corrected chi connectivity index (χ3v) is 3.89. The zero-order valence-electron chi connectivity index (χ0n) is 10.4. The molecule has 1 heterocycles. The van der Waals surface area contributed by atoms with E-state index < -0.39 is 0 Å². The average molecular weight is 281 g/mol. The van der Waals surface area contributed by atoms with E-state index in [0.717, 1.165) is 24.4 Å². The number of rotatable bonds is 6. The number of aromatic nitrogens is 1. The number of nitrogens with zero attached hydrogens (tertiary/aromatic N) is 1. The summed E-state index contributed by atoms with van der Waals surface area (Å²) in [6.45, 7) is 3.08. The van der Waals surface area contributed by atoms with Gasteiger partial charge in [-0.2, -0.15) is 0 Å². The summed E-state index contributed by atoms with van der Waals surface area (Å²) in [5, 5.41) is 4.37. The summed E-state index contributed by atoms with van der Waals surface area (Å²) in [5.41, 5.74) is 3.17. The van der Waals surface area contributed by atoms with Crippen LogP contribution in [0, 0.1) is 0 Å². The van der Waals surface area contributed by atoms with E-state index in [-0.39, 0.29) is 0 Å². The minimum absolute atomic E-state index is 0.384. The number of nitrogens with one attached hydrogen (secondary N) is 1. The van der Waals surface area contributed by atoms with Crippen LogP contribution in [0.4, 0.5) is 0 Å². The molecule has 1 aromatic carbocycles. The van der Waals surface area contributed by atoms with Crippen LogP contribution in [0.15, 0.2) is 36.0 Å². The van der Waals surface area contributed by atoms with Crippen LogP contribution in [0.2, 0.25) is 5.02 Å². The molecular formula is C14H17ClN2S. The lowest BCUT2D eigenvalue weighted by molar-refractivity contribution is 0.496. The summed E-state index contributed by atoms with van der Waals surface area (Å²) in [6.07, 6.45) is 4.20. The SMILES string of the molecule is CCCC(NCc1cncs1)c1ccc(Cl)cc1. The Balaban J connectivity index is 2.01. The zero-order chi connectivity index (χ0) is 12.8. The highest BCUT2D eigenvalue weighted by Gasteiger charge is 2.10. The number of benzene rings is 1. The van der Waals surface area contributed by atoms with Crippen molar-refractivity contribution in [1.29, 1.82) is 0 Å². The van der Waals surface area contributed by atoms with Crippen molar-refractivity contribution >= 4 is 22.9 Å². The third kappa shape index (κ3) is 3.80. The minimum atomic E-state index is 0.384. The lowest BCUT2D eigenvalue weighted by Crippen LogP contribution is -2.20. The largest absolute Gasteiger partial charge is 0.305 e. The number of halogens is 1. The predicted molar refractivity (Wildman–Crippen MR) is 78.1 cm³/mol. The molecule has 1 unspecified atom stereocenters. The van der Waals surface area contributed by atoms with Gasteiger partial charge in [0.1, 0.15) is 0 Å². The van der Waals surface area contributed by atoms with E-state index in [1.165, 1.54) is 10.4 Å². The number of thiazole rings is 1. The highest BCUT2D eigenvalue weighted by molar-refractivity contribution is 7.09. The summed E-state index contributed by atoms with van der Waals surface area (Å²) < 4.78 is 0. The molecule has 2 aromatic rings. The van der Waals surface area contributed by atoms with Gasteiger partial charge < -0.3 is 5.32 Å². The van der Waals surface area contributed by atoms with Gasteiger partial charge in [0.05, 0.1) is 5.51 Å². The Morgan fingerprint density at radius 1 is 1.33 bits per heavy atom. The molecule has 0 aliphatic heterocycles. The second-order valence-corrected chi connectivity index (χ2v) is 5.65. The summed E-state index contributed by atoms with van der Waals surface area (Å²) >= 11 is 7.61. The van der Waals surface area contributed by atoms with E-state index in [1.807, 2.05) is 23.8 Å². The standard InChI is InChI=1S/C14H17ClN2S/c1-2-3-14(11-4-6-12(15)7-5-11)17-9-13-8-16-10-18-13/h4-8,10,14,17H,2-3,9H2,1H3. The first-order chi connectivity index (χ1) is 8.79. The van der Waals surface area contributed by atoms with Crippen LogP contribution >= 0.6 is 22.9 Å². The monoisotopic (exact) mass is 280 g/mol. The maximum Gasteiger partial charge on any atom is 0.0794 e. The minimum Gasteiger partial charge on any atom is -0.305 e. The number of hydrogen-bond acceptors (Lipinski definition) is 3. The maximum absolute atomic E-state index is 5.92.